The van der Waals surface area contributed by atoms with Crippen LogP contribution in [0, 0.1) is 0 Å². The lowest BCUT2D eigenvalue weighted by Crippen LogP contribution is -2.49. The molecule has 0 atom stereocenters. The molecule has 1 aromatic heterocycles. The molecule has 0 saturated carbocycles. The number of ether oxygens (including phenoxy) is 2. The van der Waals surface area contributed by atoms with E-state index in [4.69, 9.17) is 9.47 Å². The Morgan fingerprint density at radius 1 is 0.893 bits per heavy atom. The molecule has 3 heterocycles. The third-order valence-corrected chi connectivity index (χ3v) is 7.42. The Morgan fingerprint density at radius 3 is 2.50 bits per heavy atom. The predicted octanol–water partition coefficient (Wildman–Crippen LogP) is 1.25. The minimum atomic E-state index is -3.58. The van der Waals surface area contributed by atoms with Gasteiger partial charge in [0, 0.05) is 32.2 Å². The fraction of sp³-hybridized carbons (Fsp3) is 0.474. The van der Waals surface area contributed by atoms with E-state index in [0.29, 0.717) is 50.9 Å². The molecule has 0 spiro atoms. The summed E-state index contributed by atoms with van der Waals surface area (Å²) >= 11 is 0. The third-order valence-electron chi connectivity index (χ3n) is 5.52. The van der Waals surface area contributed by atoms with E-state index < -0.39 is 10.0 Å². The normalized spacial score (nSPS) is 19.5. The van der Waals surface area contributed by atoms with Gasteiger partial charge in [-0.05, 0) is 43.0 Å². The van der Waals surface area contributed by atoms with Crippen LogP contribution in [-0.4, -0.2) is 62.3 Å². The van der Waals surface area contributed by atoms with Crippen molar-refractivity contribution in [3.05, 3.63) is 35.5 Å². The number of nitrogens with zero attached hydrogens (tertiary/aromatic N) is 4. The van der Waals surface area contributed by atoms with Crippen LogP contribution < -0.4 is 14.4 Å². The molecule has 0 amide bonds. The van der Waals surface area contributed by atoms with E-state index in [1.165, 1.54) is 9.87 Å². The highest BCUT2D eigenvalue weighted by Gasteiger charge is 2.30. The summed E-state index contributed by atoms with van der Waals surface area (Å²) in [5.74, 6) is 1.92. The topological polar surface area (TPSA) is 84.9 Å². The Bertz CT molecular complexity index is 1000. The molecule has 1 saturated heterocycles. The Hall–Kier alpha value is -2.39. The van der Waals surface area contributed by atoms with Gasteiger partial charge in [0.1, 0.15) is 13.2 Å². The largest absolute Gasteiger partial charge is 0.486 e. The molecule has 0 unspecified atom stereocenters. The maximum Gasteiger partial charge on any atom is 0.243 e. The van der Waals surface area contributed by atoms with Crippen molar-refractivity contribution in [1.29, 1.82) is 0 Å². The molecule has 3 aliphatic rings. The number of fused-ring (bicyclic) bond motifs is 2. The van der Waals surface area contributed by atoms with Gasteiger partial charge in [-0.25, -0.2) is 8.42 Å². The van der Waals surface area contributed by atoms with Crippen LogP contribution >= 0.6 is 0 Å². The molecule has 9 heteroatoms. The van der Waals surface area contributed by atoms with Crippen molar-refractivity contribution in [2.75, 3.05) is 44.3 Å². The Balaban J connectivity index is 1.31. The minimum Gasteiger partial charge on any atom is -0.486 e. The van der Waals surface area contributed by atoms with Crippen LogP contribution in [0.25, 0.3) is 0 Å². The van der Waals surface area contributed by atoms with Gasteiger partial charge in [-0.1, -0.05) is 0 Å². The van der Waals surface area contributed by atoms with Crippen molar-refractivity contribution in [2.45, 2.75) is 24.2 Å². The molecule has 28 heavy (non-hydrogen) atoms. The predicted molar refractivity (Wildman–Crippen MR) is 102 cm³/mol. The average molecular weight is 402 g/mol. The lowest BCUT2D eigenvalue weighted by Gasteiger charge is -2.34. The van der Waals surface area contributed by atoms with E-state index >= 15 is 0 Å². The highest BCUT2D eigenvalue weighted by Crippen LogP contribution is 2.33. The second-order valence-electron chi connectivity index (χ2n) is 7.22. The Morgan fingerprint density at radius 2 is 1.68 bits per heavy atom. The van der Waals surface area contributed by atoms with E-state index in [1.54, 1.807) is 18.2 Å². The van der Waals surface area contributed by atoms with Crippen molar-refractivity contribution < 1.29 is 17.9 Å². The van der Waals surface area contributed by atoms with E-state index in [-0.39, 0.29) is 4.90 Å². The van der Waals surface area contributed by atoms with E-state index in [0.717, 1.165) is 30.8 Å². The van der Waals surface area contributed by atoms with Gasteiger partial charge in [-0.2, -0.15) is 9.40 Å². The molecule has 5 rings (SSSR count). The number of hydrogen-bond acceptors (Lipinski definition) is 7. The van der Waals surface area contributed by atoms with Crippen LogP contribution in [0.15, 0.2) is 29.2 Å². The van der Waals surface area contributed by atoms with Crippen molar-refractivity contribution >= 4 is 15.8 Å². The zero-order valence-corrected chi connectivity index (χ0v) is 16.3. The molecule has 1 aromatic carbocycles. The maximum atomic E-state index is 13.1. The standard InChI is InChI=1S/C19H22N4O4S/c24-28(25,15-4-5-17-18(13-15)27-11-10-26-17)23-8-6-22(7-9-23)19-12-14-2-1-3-16(14)20-21-19/h4-5,12-13H,1-3,6-11H2. The zero-order valence-electron chi connectivity index (χ0n) is 15.5. The lowest BCUT2D eigenvalue weighted by molar-refractivity contribution is 0.171. The van der Waals surface area contributed by atoms with Gasteiger partial charge in [0.15, 0.2) is 17.3 Å². The summed E-state index contributed by atoms with van der Waals surface area (Å²) < 4.78 is 38.6. The van der Waals surface area contributed by atoms with Gasteiger partial charge in [-0.3, -0.25) is 0 Å². The van der Waals surface area contributed by atoms with Gasteiger partial charge in [0.2, 0.25) is 10.0 Å². The van der Waals surface area contributed by atoms with Gasteiger partial charge in [0.05, 0.1) is 10.6 Å². The molecule has 0 bridgehead atoms. The van der Waals surface area contributed by atoms with E-state index in [1.807, 2.05) is 0 Å². The molecule has 0 radical (unpaired) electrons. The first-order chi connectivity index (χ1) is 13.6. The van der Waals surface area contributed by atoms with Crippen molar-refractivity contribution in [1.82, 2.24) is 14.5 Å². The van der Waals surface area contributed by atoms with Crippen LogP contribution in [-0.2, 0) is 22.9 Å². The van der Waals surface area contributed by atoms with Gasteiger partial charge in [0.25, 0.3) is 0 Å². The number of aryl methyl sites for hydroxylation is 2. The van der Waals surface area contributed by atoms with Crippen LogP contribution in [0.4, 0.5) is 5.82 Å². The third kappa shape index (κ3) is 3.08. The number of aromatic nitrogens is 2. The quantitative estimate of drug-likeness (QED) is 0.764. The van der Waals surface area contributed by atoms with E-state index in [9.17, 15) is 8.42 Å². The molecule has 2 aromatic rings. The highest BCUT2D eigenvalue weighted by molar-refractivity contribution is 7.89. The molecule has 8 nitrogen and oxygen atoms in total. The molecule has 148 valence electrons. The first-order valence-corrected chi connectivity index (χ1v) is 11.1. The first kappa shape index (κ1) is 17.7. The molecule has 1 aliphatic carbocycles. The minimum absolute atomic E-state index is 0.238. The zero-order chi connectivity index (χ0) is 19.1. The van der Waals surface area contributed by atoms with Crippen molar-refractivity contribution in [2.24, 2.45) is 0 Å². The number of anilines is 1. The molecule has 1 fully saturated rings. The van der Waals surface area contributed by atoms with Crippen molar-refractivity contribution in [3.63, 3.8) is 0 Å². The van der Waals surface area contributed by atoms with Crippen LogP contribution in [0.2, 0.25) is 0 Å². The summed E-state index contributed by atoms with van der Waals surface area (Å²) in [5.41, 5.74) is 2.37. The highest BCUT2D eigenvalue weighted by atomic mass is 32.2. The second kappa shape index (κ2) is 6.89. The molecule has 2 aliphatic heterocycles. The van der Waals surface area contributed by atoms with Gasteiger partial charge < -0.3 is 14.4 Å². The van der Waals surface area contributed by atoms with E-state index in [2.05, 4.69) is 21.2 Å². The van der Waals surface area contributed by atoms with Crippen LogP contribution in [0.3, 0.4) is 0 Å². The number of rotatable bonds is 3. The lowest BCUT2D eigenvalue weighted by atomic mass is 10.2. The number of hydrogen-bond donors (Lipinski definition) is 0. The summed E-state index contributed by atoms with van der Waals surface area (Å²) in [6, 6.07) is 6.92. The SMILES string of the molecule is O=S(=O)(c1ccc2c(c1)OCCO2)N1CCN(c2cc3c(nn2)CCC3)CC1. The van der Waals surface area contributed by atoms with Gasteiger partial charge in [-0.15, -0.1) is 5.10 Å². The fourth-order valence-corrected chi connectivity index (χ4v) is 5.40. The Kier molecular flexibility index (Phi) is 4.36. The average Bonchev–Trinajstić information content (AvgIpc) is 3.21. The second-order valence-corrected chi connectivity index (χ2v) is 9.16. The summed E-state index contributed by atoms with van der Waals surface area (Å²) in [5, 5.41) is 8.69. The number of benzene rings is 1. The maximum absolute atomic E-state index is 13.1. The Labute approximate surface area is 164 Å². The number of sulfonamides is 1. The summed E-state index contributed by atoms with van der Waals surface area (Å²) in [6.45, 7) is 2.92. The summed E-state index contributed by atoms with van der Waals surface area (Å²) in [6.07, 6.45) is 3.19. The smallest absolute Gasteiger partial charge is 0.243 e. The fourth-order valence-electron chi connectivity index (χ4n) is 3.96. The number of piperazine rings is 1. The monoisotopic (exact) mass is 402 g/mol. The van der Waals surface area contributed by atoms with Crippen LogP contribution in [0.1, 0.15) is 17.7 Å². The molecular formula is C19H22N4O4S. The van der Waals surface area contributed by atoms with Gasteiger partial charge >= 0.3 is 0 Å². The summed E-state index contributed by atoms with van der Waals surface area (Å²) in [4.78, 5) is 2.35. The molecule has 0 N–H and O–H groups in total. The van der Waals surface area contributed by atoms with Crippen LogP contribution in [0.5, 0.6) is 11.5 Å². The first-order valence-electron chi connectivity index (χ1n) is 9.61. The summed E-state index contributed by atoms with van der Waals surface area (Å²) in [7, 11) is -3.58. The van der Waals surface area contributed by atoms with Crippen molar-refractivity contribution in [3.8, 4) is 11.5 Å². The molecular weight excluding hydrogens is 380 g/mol.